The number of hydrogen-bond donors (Lipinski definition) is 2. The average Bonchev–Trinajstić information content (AvgIpc) is 3.24. The first-order chi connectivity index (χ1) is 13.7. The molecule has 2 N–H and O–H groups in total. The van der Waals surface area contributed by atoms with Gasteiger partial charge >= 0.3 is 0 Å². The average molecular weight is 381 g/mol. The van der Waals surface area contributed by atoms with Gasteiger partial charge in [0.25, 0.3) is 5.89 Å². The van der Waals surface area contributed by atoms with Gasteiger partial charge in [-0.2, -0.15) is 0 Å². The summed E-state index contributed by atoms with van der Waals surface area (Å²) in [6.45, 7) is 5.75. The Kier molecular flexibility index (Phi) is 5.16. The summed E-state index contributed by atoms with van der Waals surface area (Å²) in [5.74, 6) is 2.30. The summed E-state index contributed by atoms with van der Waals surface area (Å²) >= 11 is 0. The van der Waals surface area contributed by atoms with Crippen LogP contribution in [0.5, 0.6) is 11.5 Å². The fraction of sp³-hybridized carbons (Fsp3) is 0.333. The number of methoxy groups -OCH3 is 1. The van der Waals surface area contributed by atoms with Crippen molar-refractivity contribution >= 4 is 5.69 Å². The van der Waals surface area contributed by atoms with Crippen LogP contribution in [-0.2, 0) is 0 Å². The molecule has 0 aliphatic carbocycles. The fourth-order valence-electron chi connectivity index (χ4n) is 3.63. The standard InChI is InChI=1S/C21H24N4O3/c1-15(20-22-23-21(28-20)16-7-9-17(27-2)10-8-16)24-11-13-25(14-12-24)18-5-3-4-6-19(18)26/h3-10,15,26H,11-14H2,1-2H3/p+1/t15-/m1/s1. The molecule has 0 amide bonds. The normalized spacial score (nSPS) is 16.1. The fourth-order valence-corrected chi connectivity index (χ4v) is 3.63. The van der Waals surface area contributed by atoms with E-state index in [2.05, 4.69) is 22.0 Å². The number of para-hydroxylation sites is 2. The van der Waals surface area contributed by atoms with Gasteiger partial charge in [0.1, 0.15) is 11.5 Å². The van der Waals surface area contributed by atoms with E-state index in [0.29, 0.717) is 17.5 Å². The van der Waals surface area contributed by atoms with Crippen molar-refractivity contribution in [2.75, 3.05) is 38.2 Å². The van der Waals surface area contributed by atoms with E-state index in [0.717, 1.165) is 43.2 Å². The highest BCUT2D eigenvalue weighted by atomic mass is 16.5. The molecule has 0 spiro atoms. The minimum atomic E-state index is 0.117. The molecular formula is C21H25N4O3+. The highest BCUT2D eigenvalue weighted by Crippen LogP contribution is 2.26. The summed E-state index contributed by atoms with van der Waals surface area (Å²) in [5, 5.41) is 18.6. The van der Waals surface area contributed by atoms with E-state index in [1.54, 1.807) is 13.2 Å². The van der Waals surface area contributed by atoms with Gasteiger partial charge < -0.3 is 24.1 Å². The van der Waals surface area contributed by atoms with E-state index in [-0.39, 0.29) is 6.04 Å². The van der Waals surface area contributed by atoms with Crippen LogP contribution >= 0.6 is 0 Å². The van der Waals surface area contributed by atoms with E-state index in [1.165, 1.54) is 4.90 Å². The van der Waals surface area contributed by atoms with Gasteiger partial charge in [-0.25, -0.2) is 0 Å². The highest BCUT2D eigenvalue weighted by molar-refractivity contribution is 5.57. The smallest absolute Gasteiger partial charge is 0.274 e. The molecule has 3 aromatic rings. The molecule has 2 heterocycles. The predicted octanol–water partition coefficient (Wildman–Crippen LogP) is 1.92. The van der Waals surface area contributed by atoms with Crippen LogP contribution in [0.4, 0.5) is 5.69 Å². The molecule has 0 unspecified atom stereocenters. The van der Waals surface area contributed by atoms with Gasteiger partial charge in [0.2, 0.25) is 5.89 Å². The van der Waals surface area contributed by atoms with Gasteiger partial charge in [0.15, 0.2) is 6.04 Å². The van der Waals surface area contributed by atoms with Crippen molar-refractivity contribution in [1.29, 1.82) is 0 Å². The number of benzene rings is 2. The Hall–Kier alpha value is -3.06. The number of phenolic OH excluding ortho intramolecular Hbond substituents is 1. The van der Waals surface area contributed by atoms with Crippen LogP contribution in [0.1, 0.15) is 18.9 Å². The van der Waals surface area contributed by atoms with E-state index < -0.39 is 0 Å². The van der Waals surface area contributed by atoms with Crippen LogP contribution in [0.15, 0.2) is 52.9 Å². The number of ether oxygens (including phenoxy) is 1. The van der Waals surface area contributed by atoms with Gasteiger partial charge in [-0.05, 0) is 43.3 Å². The van der Waals surface area contributed by atoms with Crippen molar-refractivity contribution in [3.63, 3.8) is 0 Å². The van der Waals surface area contributed by atoms with Crippen LogP contribution in [-0.4, -0.2) is 48.6 Å². The second-order valence-electron chi connectivity index (χ2n) is 7.03. The molecule has 2 aromatic carbocycles. The predicted molar refractivity (Wildman–Crippen MR) is 106 cm³/mol. The summed E-state index contributed by atoms with van der Waals surface area (Å²) in [7, 11) is 1.64. The summed E-state index contributed by atoms with van der Waals surface area (Å²) < 4.78 is 11.1. The third-order valence-corrected chi connectivity index (χ3v) is 5.39. The summed E-state index contributed by atoms with van der Waals surface area (Å²) in [6, 6.07) is 15.2. The van der Waals surface area contributed by atoms with Crippen molar-refractivity contribution < 1.29 is 19.2 Å². The van der Waals surface area contributed by atoms with Crippen LogP contribution < -0.4 is 14.5 Å². The largest absolute Gasteiger partial charge is 0.506 e. The molecule has 0 radical (unpaired) electrons. The second kappa shape index (κ2) is 7.90. The zero-order valence-corrected chi connectivity index (χ0v) is 16.1. The highest BCUT2D eigenvalue weighted by Gasteiger charge is 2.30. The minimum Gasteiger partial charge on any atom is -0.506 e. The van der Waals surface area contributed by atoms with Crippen molar-refractivity contribution in [3.05, 3.63) is 54.4 Å². The van der Waals surface area contributed by atoms with Crippen LogP contribution in [0, 0.1) is 0 Å². The number of nitrogens with one attached hydrogen (secondary N) is 1. The monoisotopic (exact) mass is 381 g/mol. The third-order valence-electron chi connectivity index (χ3n) is 5.39. The first kappa shape index (κ1) is 18.3. The molecule has 1 saturated heterocycles. The molecule has 0 saturated carbocycles. The number of phenols is 1. The molecule has 1 aliphatic heterocycles. The van der Waals surface area contributed by atoms with Crippen molar-refractivity contribution in [1.82, 2.24) is 10.2 Å². The van der Waals surface area contributed by atoms with Crippen molar-refractivity contribution in [2.45, 2.75) is 13.0 Å². The Balaban J connectivity index is 1.41. The zero-order chi connectivity index (χ0) is 19.5. The number of anilines is 1. The maximum Gasteiger partial charge on any atom is 0.274 e. The first-order valence-corrected chi connectivity index (χ1v) is 9.51. The number of nitrogens with zero attached hydrogens (tertiary/aromatic N) is 3. The number of rotatable bonds is 5. The van der Waals surface area contributed by atoms with Crippen molar-refractivity contribution in [2.24, 2.45) is 0 Å². The van der Waals surface area contributed by atoms with Gasteiger partial charge in [-0.3, -0.25) is 0 Å². The Morgan fingerprint density at radius 1 is 1.07 bits per heavy atom. The molecule has 4 rings (SSSR count). The topological polar surface area (TPSA) is 76.1 Å². The van der Waals surface area contributed by atoms with Gasteiger partial charge in [0, 0.05) is 5.56 Å². The minimum absolute atomic E-state index is 0.117. The molecule has 1 atom stereocenters. The number of aromatic nitrogens is 2. The van der Waals surface area contributed by atoms with E-state index in [4.69, 9.17) is 9.15 Å². The Morgan fingerprint density at radius 3 is 2.46 bits per heavy atom. The number of quaternary nitrogens is 1. The number of piperazine rings is 1. The molecule has 7 heteroatoms. The van der Waals surface area contributed by atoms with E-state index >= 15 is 0 Å². The molecule has 1 aliphatic rings. The van der Waals surface area contributed by atoms with E-state index in [1.807, 2.05) is 42.5 Å². The third kappa shape index (κ3) is 3.66. The lowest BCUT2D eigenvalue weighted by Gasteiger charge is -2.35. The molecular weight excluding hydrogens is 356 g/mol. The molecule has 1 fully saturated rings. The van der Waals surface area contributed by atoms with Crippen LogP contribution in [0.25, 0.3) is 11.5 Å². The lowest BCUT2D eigenvalue weighted by molar-refractivity contribution is -0.931. The van der Waals surface area contributed by atoms with Crippen LogP contribution in [0.3, 0.4) is 0 Å². The summed E-state index contributed by atoms with van der Waals surface area (Å²) in [5.41, 5.74) is 1.78. The van der Waals surface area contributed by atoms with E-state index in [9.17, 15) is 5.11 Å². The Morgan fingerprint density at radius 2 is 1.79 bits per heavy atom. The number of aromatic hydroxyl groups is 1. The zero-order valence-electron chi connectivity index (χ0n) is 16.1. The SMILES string of the molecule is COc1ccc(-c2nnc([C@@H](C)[NH+]3CCN(c4ccccc4O)CC3)o2)cc1. The molecule has 28 heavy (non-hydrogen) atoms. The lowest BCUT2D eigenvalue weighted by atomic mass is 10.2. The first-order valence-electron chi connectivity index (χ1n) is 9.51. The Labute approximate surface area is 164 Å². The molecule has 7 nitrogen and oxygen atoms in total. The summed E-state index contributed by atoms with van der Waals surface area (Å²) in [4.78, 5) is 3.62. The maximum atomic E-state index is 10.1. The van der Waals surface area contributed by atoms with Crippen molar-refractivity contribution in [3.8, 4) is 23.0 Å². The second-order valence-corrected chi connectivity index (χ2v) is 7.03. The Bertz CT molecular complexity index is 917. The number of hydrogen-bond acceptors (Lipinski definition) is 6. The summed E-state index contributed by atoms with van der Waals surface area (Å²) in [6.07, 6.45) is 0. The molecule has 1 aromatic heterocycles. The van der Waals surface area contributed by atoms with Gasteiger partial charge in [-0.1, -0.05) is 12.1 Å². The van der Waals surface area contributed by atoms with Gasteiger partial charge in [0.05, 0.1) is 39.0 Å². The lowest BCUT2D eigenvalue weighted by Crippen LogP contribution is -3.14. The van der Waals surface area contributed by atoms with Gasteiger partial charge in [-0.15, -0.1) is 10.2 Å². The van der Waals surface area contributed by atoms with Crippen LogP contribution in [0.2, 0.25) is 0 Å². The maximum absolute atomic E-state index is 10.1. The molecule has 146 valence electrons. The molecule has 0 bridgehead atoms. The quantitative estimate of drug-likeness (QED) is 0.703.